The number of pyridine rings is 2. The second-order valence-corrected chi connectivity index (χ2v) is 5.48. The van der Waals surface area contributed by atoms with Gasteiger partial charge in [-0.15, -0.1) is 0 Å². The minimum absolute atomic E-state index is 0.444. The van der Waals surface area contributed by atoms with Gasteiger partial charge in [-0.05, 0) is 46.9 Å². The SMILES string of the molecule is Clc1nccc2ccc(-c3cccc(I)c3)nc12. The van der Waals surface area contributed by atoms with E-state index >= 15 is 0 Å². The van der Waals surface area contributed by atoms with Crippen molar-refractivity contribution in [3.8, 4) is 11.3 Å². The molecule has 0 spiro atoms. The van der Waals surface area contributed by atoms with Crippen molar-refractivity contribution in [2.24, 2.45) is 0 Å². The van der Waals surface area contributed by atoms with Crippen LogP contribution in [0.2, 0.25) is 5.15 Å². The third kappa shape index (κ3) is 2.20. The molecule has 88 valence electrons. The van der Waals surface area contributed by atoms with Crippen LogP contribution in [0.4, 0.5) is 0 Å². The number of hydrogen-bond acceptors (Lipinski definition) is 2. The van der Waals surface area contributed by atoms with Gasteiger partial charge in [0.1, 0.15) is 5.52 Å². The van der Waals surface area contributed by atoms with Gasteiger partial charge in [-0.1, -0.05) is 29.8 Å². The van der Waals surface area contributed by atoms with Crippen LogP contribution in [-0.4, -0.2) is 9.97 Å². The fourth-order valence-corrected chi connectivity index (χ4v) is 2.57. The highest BCUT2D eigenvalue weighted by Gasteiger charge is 2.05. The molecule has 2 aromatic heterocycles. The summed E-state index contributed by atoms with van der Waals surface area (Å²) in [6.07, 6.45) is 1.69. The van der Waals surface area contributed by atoms with E-state index in [0.29, 0.717) is 5.15 Å². The first-order chi connectivity index (χ1) is 8.74. The van der Waals surface area contributed by atoms with Crippen LogP contribution in [0.3, 0.4) is 0 Å². The summed E-state index contributed by atoms with van der Waals surface area (Å²) in [6.45, 7) is 0. The molecule has 4 heteroatoms. The van der Waals surface area contributed by atoms with E-state index in [1.165, 1.54) is 3.57 Å². The van der Waals surface area contributed by atoms with E-state index in [9.17, 15) is 0 Å². The number of fused-ring (bicyclic) bond motifs is 1. The number of nitrogens with zero attached hydrogens (tertiary/aromatic N) is 2. The summed E-state index contributed by atoms with van der Waals surface area (Å²) in [6, 6.07) is 14.1. The molecule has 3 rings (SSSR count). The molecule has 2 heterocycles. The molecule has 1 aromatic carbocycles. The molecule has 18 heavy (non-hydrogen) atoms. The Morgan fingerprint density at radius 1 is 1.06 bits per heavy atom. The Balaban J connectivity index is 2.22. The van der Waals surface area contributed by atoms with E-state index < -0.39 is 0 Å². The van der Waals surface area contributed by atoms with E-state index in [1.807, 2.05) is 30.3 Å². The third-order valence-corrected chi connectivity index (χ3v) is 3.63. The first kappa shape index (κ1) is 11.9. The minimum atomic E-state index is 0.444. The van der Waals surface area contributed by atoms with Crippen LogP contribution in [0, 0.1) is 3.57 Å². The molecule has 0 amide bonds. The molecule has 3 aromatic rings. The van der Waals surface area contributed by atoms with Crippen molar-refractivity contribution < 1.29 is 0 Å². The summed E-state index contributed by atoms with van der Waals surface area (Å²) in [5.41, 5.74) is 2.75. The third-order valence-electron chi connectivity index (χ3n) is 2.68. The second-order valence-electron chi connectivity index (χ2n) is 3.88. The van der Waals surface area contributed by atoms with Crippen molar-refractivity contribution in [1.29, 1.82) is 0 Å². The van der Waals surface area contributed by atoms with E-state index in [2.05, 4.69) is 44.7 Å². The average Bonchev–Trinajstić information content (AvgIpc) is 2.39. The Morgan fingerprint density at radius 2 is 1.94 bits per heavy atom. The number of rotatable bonds is 1. The maximum Gasteiger partial charge on any atom is 0.155 e. The summed E-state index contributed by atoms with van der Waals surface area (Å²) in [4.78, 5) is 8.65. The van der Waals surface area contributed by atoms with Crippen LogP contribution >= 0.6 is 34.2 Å². The highest BCUT2D eigenvalue weighted by Crippen LogP contribution is 2.25. The molecule has 0 radical (unpaired) electrons. The van der Waals surface area contributed by atoms with Gasteiger partial charge in [0.05, 0.1) is 5.69 Å². The predicted molar refractivity (Wildman–Crippen MR) is 82.7 cm³/mol. The molecule has 0 atom stereocenters. The highest BCUT2D eigenvalue weighted by molar-refractivity contribution is 14.1. The molecule has 0 aliphatic rings. The average molecular weight is 367 g/mol. The molecule has 0 unspecified atom stereocenters. The van der Waals surface area contributed by atoms with Gasteiger partial charge in [0, 0.05) is 20.7 Å². The predicted octanol–water partition coefficient (Wildman–Crippen LogP) is 4.55. The van der Waals surface area contributed by atoms with E-state index in [0.717, 1.165) is 22.2 Å². The van der Waals surface area contributed by atoms with Crippen molar-refractivity contribution in [2.75, 3.05) is 0 Å². The Hall–Kier alpha value is -1.20. The Kier molecular flexibility index (Phi) is 3.18. The van der Waals surface area contributed by atoms with Crippen molar-refractivity contribution in [2.45, 2.75) is 0 Å². The van der Waals surface area contributed by atoms with Crippen LogP contribution in [0.1, 0.15) is 0 Å². The highest BCUT2D eigenvalue weighted by atomic mass is 127. The zero-order valence-corrected chi connectivity index (χ0v) is 12.2. The molecule has 0 N–H and O–H groups in total. The quantitative estimate of drug-likeness (QED) is 0.466. The molecular weight excluding hydrogens is 359 g/mol. The molecule has 0 aliphatic heterocycles. The van der Waals surface area contributed by atoms with Crippen LogP contribution in [0.15, 0.2) is 48.7 Å². The monoisotopic (exact) mass is 366 g/mol. The van der Waals surface area contributed by atoms with Gasteiger partial charge in [-0.3, -0.25) is 0 Å². The van der Waals surface area contributed by atoms with E-state index in [1.54, 1.807) is 6.20 Å². The lowest BCUT2D eigenvalue weighted by Crippen LogP contribution is -1.88. The van der Waals surface area contributed by atoms with Gasteiger partial charge in [0.25, 0.3) is 0 Å². The first-order valence-electron chi connectivity index (χ1n) is 5.41. The number of benzene rings is 1. The molecule has 0 aliphatic carbocycles. The van der Waals surface area contributed by atoms with Gasteiger partial charge < -0.3 is 0 Å². The van der Waals surface area contributed by atoms with E-state index in [4.69, 9.17) is 11.6 Å². The fourth-order valence-electron chi connectivity index (χ4n) is 1.82. The molecule has 0 bridgehead atoms. The normalized spacial score (nSPS) is 10.8. The number of aromatic nitrogens is 2. The molecular formula is C14H8ClIN2. The Bertz CT molecular complexity index is 728. The molecule has 2 nitrogen and oxygen atoms in total. The van der Waals surface area contributed by atoms with Gasteiger partial charge >= 0.3 is 0 Å². The standard InChI is InChI=1S/C14H8ClIN2/c15-14-13-9(6-7-17-14)4-5-12(18-13)10-2-1-3-11(16)8-10/h1-8H. The van der Waals surface area contributed by atoms with Crippen LogP contribution < -0.4 is 0 Å². The first-order valence-corrected chi connectivity index (χ1v) is 6.87. The lowest BCUT2D eigenvalue weighted by Gasteiger charge is -2.04. The van der Waals surface area contributed by atoms with Crippen LogP contribution in [-0.2, 0) is 0 Å². The minimum Gasteiger partial charge on any atom is -0.245 e. The molecule has 0 saturated carbocycles. The maximum absolute atomic E-state index is 6.07. The fraction of sp³-hybridized carbons (Fsp3) is 0. The zero-order valence-electron chi connectivity index (χ0n) is 9.27. The molecule has 0 saturated heterocycles. The second kappa shape index (κ2) is 4.82. The number of halogens is 2. The summed E-state index contributed by atoms with van der Waals surface area (Å²) in [5, 5.41) is 1.45. The van der Waals surface area contributed by atoms with Gasteiger partial charge in [0.15, 0.2) is 5.15 Å². The van der Waals surface area contributed by atoms with Crippen molar-refractivity contribution in [1.82, 2.24) is 9.97 Å². The number of hydrogen-bond donors (Lipinski definition) is 0. The maximum atomic E-state index is 6.07. The summed E-state index contributed by atoms with van der Waals surface area (Å²) < 4.78 is 1.18. The van der Waals surface area contributed by atoms with Crippen molar-refractivity contribution >= 4 is 45.1 Å². The van der Waals surface area contributed by atoms with Gasteiger partial charge in [-0.2, -0.15) is 0 Å². The van der Waals surface area contributed by atoms with Crippen LogP contribution in [0.5, 0.6) is 0 Å². The molecule has 0 fully saturated rings. The lowest BCUT2D eigenvalue weighted by molar-refractivity contribution is 1.31. The van der Waals surface area contributed by atoms with E-state index in [-0.39, 0.29) is 0 Å². The summed E-state index contributed by atoms with van der Waals surface area (Å²) >= 11 is 8.36. The van der Waals surface area contributed by atoms with Gasteiger partial charge in [0.2, 0.25) is 0 Å². The summed E-state index contributed by atoms with van der Waals surface area (Å²) in [5.74, 6) is 0. The smallest absolute Gasteiger partial charge is 0.155 e. The van der Waals surface area contributed by atoms with Gasteiger partial charge in [-0.25, -0.2) is 9.97 Å². The Morgan fingerprint density at radius 3 is 2.78 bits per heavy atom. The summed E-state index contributed by atoms with van der Waals surface area (Å²) in [7, 11) is 0. The van der Waals surface area contributed by atoms with Crippen molar-refractivity contribution in [3.05, 3.63) is 57.4 Å². The van der Waals surface area contributed by atoms with Crippen molar-refractivity contribution in [3.63, 3.8) is 0 Å². The lowest BCUT2D eigenvalue weighted by atomic mass is 10.1. The topological polar surface area (TPSA) is 25.8 Å². The zero-order chi connectivity index (χ0) is 12.5. The largest absolute Gasteiger partial charge is 0.245 e. The Labute approximate surface area is 123 Å². The van der Waals surface area contributed by atoms with Crippen LogP contribution in [0.25, 0.3) is 22.2 Å².